The Hall–Kier alpha value is -3.31. The van der Waals surface area contributed by atoms with Gasteiger partial charge in [0.2, 0.25) is 0 Å². The van der Waals surface area contributed by atoms with Crippen LogP contribution in [0.1, 0.15) is 52.7 Å². The molecule has 0 N–H and O–H groups in total. The van der Waals surface area contributed by atoms with Crippen LogP contribution in [0.2, 0.25) is 0 Å². The summed E-state index contributed by atoms with van der Waals surface area (Å²) >= 11 is 0. The lowest BCUT2D eigenvalue weighted by Gasteiger charge is -2.37. The smallest absolute Gasteiger partial charge is 0.254 e. The van der Waals surface area contributed by atoms with Crippen molar-refractivity contribution < 1.29 is 14.3 Å². The maximum Gasteiger partial charge on any atom is 0.254 e. The zero-order valence-corrected chi connectivity index (χ0v) is 21.2. The molecule has 2 fully saturated rings. The molecule has 0 atom stereocenters. The molecule has 0 spiro atoms. The van der Waals surface area contributed by atoms with Gasteiger partial charge in [-0.05, 0) is 69.0 Å². The molecule has 3 aromatic rings. The fourth-order valence-corrected chi connectivity index (χ4v) is 5.37. The van der Waals surface area contributed by atoms with E-state index in [2.05, 4.69) is 4.90 Å². The first kappa shape index (κ1) is 24.4. The molecule has 2 heterocycles. The highest BCUT2D eigenvalue weighted by Crippen LogP contribution is 2.35. The van der Waals surface area contributed by atoms with E-state index in [4.69, 9.17) is 9.47 Å². The summed E-state index contributed by atoms with van der Waals surface area (Å²) in [7, 11) is 0. The lowest BCUT2D eigenvalue weighted by atomic mass is 10.0. The maximum absolute atomic E-state index is 13.6. The monoisotopic (exact) mass is 484 g/mol. The van der Waals surface area contributed by atoms with Crippen molar-refractivity contribution in [2.45, 2.75) is 51.9 Å². The number of nitrogens with zero attached hydrogens (tertiary/aromatic N) is 2. The molecule has 2 saturated heterocycles. The van der Waals surface area contributed by atoms with Gasteiger partial charge >= 0.3 is 0 Å². The number of likely N-dealkylation sites (tertiary alicyclic amines) is 2. The van der Waals surface area contributed by atoms with Crippen LogP contribution in [0.5, 0.6) is 11.5 Å². The first-order valence-electron chi connectivity index (χ1n) is 13.2. The van der Waals surface area contributed by atoms with Crippen molar-refractivity contribution in [2.75, 3.05) is 26.2 Å². The van der Waals surface area contributed by atoms with Crippen molar-refractivity contribution in [1.29, 1.82) is 0 Å². The number of hydrogen-bond acceptors (Lipinski definition) is 4. The van der Waals surface area contributed by atoms with Gasteiger partial charge in [0.05, 0.1) is 0 Å². The van der Waals surface area contributed by atoms with Gasteiger partial charge in [0.25, 0.3) is 5.91 Å². The molecule has 5 heteroatoms. The molecular formula is C31H36N2O3. The number of ether oxygens (including phenoxy) is 2. The second kappa shape index (κ2) is 11.6. The largest absolute Gasteiger partial charge is 0.485 e. The van der Waals surface area contributed by atoms with Gasteiger partial charge < -0.3 is 19.3 Å². The van der Waals surface area contributed by atoms with Gasteiger partial charge in [0.1, 0.15) is 13.2 Å². The van der Waals surface area contributed by atoms with Crippen molar-refractivity contribution in [2.24, 2.45) is 0 Å². The van der Waals surface area contributed by atoms with Crippen molar-refractivity contribution in [3.8, 4) is 11.5 Å². The SMILES string of the molecule is Cc1c(C(=O)N2CCC(N3CCCC3)CC2)ccc(OCc2ccccc2)c1OCc1ccccc1. The van der Waals surface area contributed by atoms with Crippen LogP contribution in [0.4, 0.5) is 0 Å². The first-order chi connectivity index (χ1) is 17.7. The average Bonchev–Trinajstić information content (AvgIpc) is 3.47. The van der Waals surface area contributed by atoms with Crippen molar-refractivity contribution >= 4 is 5.91 Å². The van der Waals surface area contributed by atoms with E-state index in [0.29, 0.717) is 36.3 Å². The van der Waals surface area contributed by atoms with E-state index in [0.717, 1.165) is 42.6 Å². The minimum absolute atomic E-state index is 0.0894. The highest BCUT2D eigenvalue weighted by molar-refractivity contribution is 5.96. The number of benzene rings is 3. The third kappa shape index (κ3) is 5.73. The van der Waals surface area contributed by atoms with Crippen LogP contribution < -0.4 is 9.47 Å². The number of hydrogen-bond donors (Lipinski definition) is 0. The summed E-state index contributed by atoms with van der Waals surface area (Å²) in [5, 5.41) is 0. The van der Waals surface area contributed by atoms with E-state index in [1.54, 1.807) is 0 Å². The fraction of sp³-hybridized carbons (Fsp3) is 0.387. The van der Waals surface area contributed by atoms with Crippen LogP contribution >= 0.6 is 0 Å². The molecule has 0 aliphatic carbocycles. The molecule has 2 aliphatic heterocycles. The topological polar surface area (TPSA) is 42.0 Å². The minimum Gasteiger partial charge on any atom is -0.485 e. The molecule has 2 aliphatic rings. The predicted octanol–water partition coefficient (Wildman–Crippen LogP) is 5.85. The highest BCUT2D eigenvalue weighted by Gasteiger charge is 2.30. The van der Waals surface area contributed by atoms with E-state index in [1.165, 1.54) is 25.9 Å². The Bertz CT molecular complexity index is 1140. The summed E-state index contributed by atoms with van der Waals surface area (Å²) in [5.74, 6) is 1.40. The van der Waals surface area contributed by atoms with Crippen LogP contribution in [-0.4, -0.2) is 47.9 Å². The average molecular weight is 485 g/mol. The summed E-state index contributed by atoms with van der Waals surface area (Å²) in [6, 6.07) is 24.6. The van der Waals surface area contributed by atoms with Gasteiger partial charge in [-0.25, -0.2) is 0 Å². The van der Waals surface area contributed by atoms with Crippen LogP contribution in [0.15, 0.2) is 72.8 Å². The summed E-state index contributed by atoms with van der Waals surface area (Å²) in [5.41, 5.74) is 3.70. The lowest BCUT2D eigenvalue weighted by molar-refractivity contribution is 0.0643. The van der Waals surface area contributed by atoms with E-state index >= 15 is 0 Å². The van der Waals surface area contributed by atoms with Crippen molar-refractivity contribution in [3.63, 3.8) is 0 Å². The van der Waals surface area contributed by atoms with Gasteiger partial charge in [-0.1, -0.05) is 60.7 Å². The standard InChI is InChI=1S/C31H36N2O3/c1-24-28(31(34)33-20-16-27(17-21-33)32-18-8-9-19-32)14-15-29(35-22-25-10-4-2-5-11-25)30(24)36-23-26-12-6-3-7-13-26/h2-7,10-15,27H,8-9,16-23H2,1H3. The Morgan fingerprint density at radius 1 is 0.778 bits per heavy atom. The van der Waals surface area contributed by atoms with Crippen molar-refractivity contribution in [1.82, 2.24) is 9.80 Å². The van der Waals surface area contributed by atoms with E-state index < -0.39 is 0 Å². The second-order valence-corrected chi connectivity index (χ2v) is 9.88. The number of carbonyl (C=O) groups excluding carboxylic acids is 1. The van der Waals surface area contributed by atoms with Crippen LogP contribution in [0, 0.1) is 6.92 Å². The highest BCUT2D eigenvalue weighted by atomic mass is 16.5. The summed E-state index contributed by atoms with van der Waals surface area (Å²) < 4.78 is 12.5. The van der Waals surface area contributed by atoms with Crippen LogP contribution in [0.3, 0.4) is 0 Å². The summed E-state index contributed by atoms with van der Waals surface area (Å²) in [6.07, 6.45) is 4.73. The molecule has 5 rings (SSSR count). The zero-order chi connectivity index (χ0) is 24.7. The molecular weight excluding hydrogens is 448 g/mol. The zero-order valence-electron chi connectivity index (χ0n) is 21.2. The second-order valence-electron chi connectivity index (χ2n) is 9.88. The quantitative estimate of drug-likeness (QED) is 0.402. The minimum atomic E-state index is 0.0894. The molecule has 0 radical (unpaired) electrons. The number of carbonyl (C=O) groups is 1. The number of amides is 1. The summed E-state index contributed by atoms with van der Waals surface area (Å²) in [4.78, 5) is 18.2. The fourth-order valence-electron chi connectivity index (χ4n) is 5.37. The van der Waals surface area contributed by atoms with Crippen LogP contribution in [0.25, 0.3) is 0 Å². The third-order valence-electron chi connectivity index (χ3n) is 7.47. The van der Waals surface area contributed by atoms with E-state index in [-0.39, 0.29) is 5.91 Å². The molecule has 0 unspecified atom stereocenters. The molecule has 3 aromatic carbocycles. The molecule has 0 aromatic heterocycles. The third-order valence-corrected chi connectivity index (χ3v) is 7.47. The molecule has 5 nitrogen and oxygen atoms in total. The van der Waals surface area contributed by atoms with E-state index in [9.17, 15) is 4.79 Å². The van der Waals surface area contributed by atoms with Crippen LogP contribution in [-0.2, 0) is 13.2 Å². The Labute approximate surface area is 214 Å². The Kier molecular flexibility index (Phi) is 7.87. The Morgan fingerprint density at radius 2 is 1.36 bits per heavy atom. The first-order valence-corrected chi connectivity index (χ1v) is 13.2. The van der Waals surface area contributed by atoms with Gasteiger partial charge in [-0.3, -0.25) is 4.79 Å². The van der Waals surface area contributed by atoms with Gasteiger partial charge in [-0.15, -0.1) is 0 Å². The maximum atomic E-state index is 13.6. The Morgan fingerprint density at radius 3 is 1.97 bits per heavy atom. The molecule has 36 heavy (non-hydrogen) atoms. The molecule has 188 valence electrons. The van der Waals surface area contributed by atoms with E-state index in [1.807, 2.05) is 84.6 Å². The number of rotatable bonds is 8. The van der Waals surface area contributed by atoms with Gasteiger partial charge in [-0.2, -0.15) is 0 Å². The van der Waals surface area contributed by atoms with Gasteiger partial charge in [0, 0.05) is 30.3 Å². The van der Waals surface area contributed by atoms with Crippen molar-refractivity contribution in [3.05, 3.63) is 95.1 Å². The molecule has 0 saturated carbocycles. The molecule has 1 amide bonds. The van der Waals surface area contributed by atoms with Gasteiger partial charge in [0.15, 0.2) is 11.5 Å². The normalized spacial score (nSPS) is 16.8. The molecule has 0 bridgehead atoms. The Balaban J connectivity index is 1.33. The number of piperidine rings is 1. The summed E-state index contributed by atoms with van der Waals surface area (Å²) in [6.45, 7) is 6.88. The predicted molar refractivity (Wildman–Crippen MR) is 142 cm³/mol. The lowest BCUT2D eigenvalue weighted by Crippen LogP contribution is -2.46.